The van der Waals surface area contributed by atoms with E-state index in [0.717, 1.165) is 15.3 Å². The van der Waals surface area contributed by atoms with Gasteiger partial charge in [0.1, 0.15) is 5.82 Å². The summed E-state index contributed by atoms with van der Waals surface area (Å²) in [5.74, 6) is -1.59. The Morgan fingerprint density at radius 3 is 2.64 bits per heavy atom. The summed E-state index contributed by atoms with van der Waals surface area (Å²) in [6.45, 7) is 0. The molecular weight excluding hydrogens is 384 g/mol. The minimum absolute atomic E-state index is 0.0532. The van der Waals surface area contributed by atoms with Crippen molar-refractivity contribution in [3.05, 3.63) is 53.6 Å². The maximum absolute atomic E-state index is 13.0. The highest BCUT2D eigenvalue weighted by atomic mass is 32.1. The predicted octanol–water partition coefficient (Wildman–Crippen LogP) is 4.72. The molecule has 4 rings (SSSR count). The number of rotatable bonds is 4. The van der Waals surface area contributed by atoms with Crippen LogP contribution in [0.15, 0.2) is 36.4 Å². The highest BCUT2D eigenvalue weighted by Gasteiger charge is 2.16. The van der Waals surface area contributed by atoms with E-state index in [2.05, 4.69) is 15.0 Å². The van der Waals surface area contributed by atoms with Gasteiger partial charge in [-0.3, -0.25) is 4.79 Å². The first-order valence-corrected chi connectivity index (χ1v) is 9.74. The van der Waals surface area contributed by atoms with Crippen molar-refractivity contribution in [1.29, 1.82) is 0 Å². The molecule has 3 aromatic rings. The zero-order valence-corrected chi connectivity index (χ0v) is 16.2. The largest absolute Gasteiger partial charge is 0.493 e. The average molecular weight is 405 g/mol. The second-order valence-electron chi connectivity index (χ2n) is 6.44. The Bertz CT molecular complexity index is 971. The number of carbonyl (C=O) groups excluding carboxylic acids is 1. The molecule has 1 fully saturated rings. The van der Waals surface area contributed by atoms with E-state index in [4.69, 9.17) is 5.73 Å². The highest BCUT2D eigenvalue weighted by Crippen LogP contribution is 2.29. The Morgan fingerprint density at radius 1 is 1.25 bits per heavy atom. The standard InChI is InChI=1S/C12H13FN2S.C8H8FNO2/c13-8-5-6-10-11(7-8)16-12(15-10)14-9-3-1-2-4-9;1-12-7-5(8(10)11)3-2-4-6(7)9/h5-7,9H,1-4H2,(H,14,15);2-4H,1H3,(H2,10,11). The molecule has 8 heteroatoms. The van der Waals surface area contributed by atoms with E-state index in [1.165, 1.54) is 68.4 Å². The van der Waals surface area contributed by atoms with E-state index < -0.39 is 11.7 Å². The van der Waals surface area contributed by atoms with E-state index in [1.54, 1.807) is 12.1 Å². The van der Waals surface area contributed by atoms with E-state index in [1.807, 2.05) is 0 Å². The lowest BCUT2D eigenvalue weighted by atomic mass is 10.2. The third-order valence-corrected chi connectivity index (χ3v) is 5.42. The normalized spacial score (nSPS) is 13.8. The van der Waals surface area contributed by atoms with E-state index in [0.29, 0.717) is 6.04 Å². The van der Waals surface area contributed by atoms with Crippen LogP contribution in [0.5, 0.6) is 5.75 Å². The van der Waals surface area contributed by atoms with Crippen molar-refractivity contribution in [2.24, 2.45) is 5.73 Å². The Labute approximate surface area is 165 Å². The summed E-state index contributed by atoms with van der Waals surface area (Å²) in [6, 6.07) is 9.31. The molecule has 28 heavy (non-hydrogen) atoms. The predicted molar refractivity (Wildman–Crippen MR) is 107 cm³/mol. The lowest BCUT2D eigenvalue weighted by Gasteiger charge is -2.09. The van der Waals surface area contributed by atoms with Gasteiger partial charge in [-0.25, -0.2) is 13.8 Å². The number of ether oxygens (including phenoxy) is 1. The van der Waals surface area contributed by atoms with Crippen LogP contribution in [0.25, 0.3) is 10.2 Å². The SMILES string of the molecule is COc1c(F)cccc1C(N)=O.Fc1ccc2nc(NC3CCCC3)sc2c1. The first-order valence-electron chi connectivity index (χ1n) is 8.93. The van der Waals surface area contributed by atoms with Gasteiger partial charge in [0.05, 0.1) is 22.9 Å². The molecule has 0 unspecified atom stereocenters. The fourth-order valence-electron chi connectivity index (χ4n) is 3.12. The molecule has 1 aromatic heterocycles. The number of halogens is 2. The van der Waals surface area contributed by atoms with Crippen molar-refractivity contribution in [1.82, 2.24) is 4.98 Å². The quantitative estimate of drug-likeness (QED) is 0.658. The number of fused-ring (bicyclic) bond motifs is 1. The molecule has 0 spiro atoms. The smallest absolute Gasteiger partial charge is 0.252 e. The molecule has 0 bridgehead atoms. The summed E-state index contributed by atoms with van der Waals surface area (Å²) < 4.78 is 31.5. The molecule has 0 radical (unpaired) electrons. The van der Waals surface area contributed by atoms with Crippen molar-refractivity contribution in [2.45, 2.75) is 31.7 Å². The molecule has 2 aromatic carbocycles. The third kappa shape index (κ3) is 4.75. The number of primary amides is 1. The third-order valence-electron chi connectivity index (χ3n) is 4.47. The van der Waals surface area contributed by atoms with Crippen molar-refractivity contribution in [3.63, 3.8) is 0 Å². The number of benzene rings is 2. The van der Waals surface area contributed by atoms with Gasteiger partial charge in [-0.05, 0) is 43.2 Å². The van der Waals surface area contributed by atoms with Crippen LogP contribution in [-0.4, -0.2) is 24.0 Å². The van der Waals surface area contributed by atoms with Gasteiger partial charge in [0, 0.05) is 6.04 Å². The fraction of sp³-hybridized carbons (Fsp3) is 0.300. The molecular formula is C20H21F2N3O2S. The minimum Gasteiger partial charge on any atom is -0.493 e. The van der Waals surface area contributed by atoms with Crippen LogP contribution in [0.2, 0.25) is 0 Å². The number of hydrogen-bond acceptors (Lipinski definition) is 5. The molecule has 0 aliphatic heterocycles. The van der Waals surface area contributed by atoms with Gasteiger partial charge < -0.3 is 15.8 Å². The number of amides is 1. The van der Waals surface area contributed by atoms with E-state index in [-0.39, 0.29) is 17.1 Å². The zero-order valence-electron chi connectivity index (χ0n) is 15.4. The van der Waals surface area contributed by atoms with E-state index in [9.17, 15) is 13.6 Å². The summed E-state index contributed by atoms with van der Waals surface area (Å²) >= 11 is 1.54. The number of hydrogen-bond donors (Lipinski definition) is 2. The van der Waals surface area contributed by atoms with Crippen LogP contribution in [0.4, 0.5) is 13.9 Å². The molecule has 0 atom stereocenters. The molecule has 1 heterocycles. The number of para-hydroxylation sites is 1. The Kier molecular flexibility index (Phi) is 6.41. The minimum atomic E-state index is -0.702. The number of nitrogens with one attached hydrogen (secondary N) is 1. The van der Waals surface area contributed by atoms with Crippen LogP contribution in [0, 0.1) is 11.6 Å². The van der Waals surface area contributed by atoms with Gasteiger partial charge in [0.15, 0.2) is 16.7 Å². The second-order valence-corrected chi connectivity index (χ2v) is 7.47. The fourth-order valence-corrected chi connectivity index (χ4v) is 4.08. The Balaban J connectivity index is 0.000000169. The van der Waals surface area contributed by atoms with Gasteiger partial charge in [-0.2, -0.15) is 0 Å². The van der Waals surface area contributed by atoms with Gasteiger partial charge in [0.2, 0.25) is 0 Å². The molecule has 1 saturated carbocycles. The molecule has 1 aliphatic carbocycles. The molecule has 3 N–H and O–H groups in total. The first-order chi connectivity index (χ1) is 13.5. The number of nitrogens with zero attached hydrogens (tertiary/aromatic N) is 1. The van der Waals surface area contributed by atoms with Crippen LogP contribution < -0.4 is 15.8 Å². The maximum atomic E-state index is 13.0. The summed E-state index contributed by atoms with van der Waals surface area (Å²) in [5.41, 5.74) is 5.91. The van der Waals surface area contributed by atoms with E-state index >= 15 is 0 Å². The van der Waals surface area contributed by atoms with Crippen LogP contribution in [0.1, 0.15) is 36.0 Å². The maximum Gasteiger partial charge on any atom is 0.252 e. The number of nitrogens with two attached hydrogens (primary N) is 1. The lowest BCUT2D eigenvalue weighted by Crippen LogP contribution is -2.13. The van der Waals surface area contributed by atoms with Gasteiger partial charge in [-0.15, -0.1) is 0 Å². The molecule has 148 valence electrons. The zero-order chi connectivity index (χ0) is 20.1. The van der Waals surface area contributed by atoms with Crippen molar-refractivity contribution in [3.8, 4) is 5.75 Å². The second kappa shape index (κ2) is 8.97. The molecule has 1 amide bonds. The van der Waals surface area contributed by atoms with Crippen molar-refractivity contribution >= 4 is 32.6 Å². The van der Waals surface area contributed by atoms with Gasteiger partial charge in [0.25, 0.3) is 5.91 Å². The number of anilines is 1. The number of thiazole rings is 1. The van der Waals surface area contributed by atoms with Crippen molar-refractivity contribution < 1.29 is 18.3 Å². The first kappa shape index (κ1) is 20.0. The average Bonchev–Trinajstić information content (AvgIpc) is 3.31. The van der Waals surface area contributed by atoms with Crippen LogP contribution in [0.3, 0.4) is 0 Å². The number of carbonyl (C=O) groups is 1. The molecule has 5 nitrogen and oxygen atoms in total. The summed E-state index contributed by atoms with van der Waals surface area (Å²) in [4.78, 5) is 15.2. The lowest BCUT2D eigenvalue weighted by molar-refractivity contribution is 0.0996. The molecule has 0 saturated heterocycles. The van der Waals surface area contributed by atoms with Crippen molar-refractivity contribution in [2.75, 3.05) is 12.4 Å². The highest BCUT2D eigenvalue weighted by molar-refractivity contribution is 7.22. The summed E-state index contributed by atoms with van der Waals surface area (Å²) in [5, 5.41) is 4.36. The van der Waals surface area contributed by atoms with Gasteiger partial charge >= 0.3 is 0 Å². The topological polar surface area (TPSA) is 77.2 Å². The number of methoxy groups -OCH3 is 1. The Morgan fingerprint density at radius 2 is 2.00 bits per heavy atom. The van der Waals surface area contributed by atoms with Gasteiger partial charge in [-0.1, -0.05) is 30.2 Å². The van der Waals surface area contributed by atoms with Crippen LogP contribution in [-0.2, 0) is 0 Å². The summed E-state index contributed by atoms with van der Waals surface area (Å²) in [6.07, 6.45) is 5.06. The monoisotopic (exact) mass is 405 g/mol. The summed E-state index contributed by atoms with van der Waals surface area (Å²) in [7, 11) is 1.28. The number of aromatic nitrogens is 1. The van der Waals surface area contributed by atoms with Crippen LogP contribution >= 0.6 is 11.3 Å². The molecule has 1 aliphatic rings. The Hall–Kier alpha value is -2.74.